The van der Waals surface area contributed by atoms with Gasteiger partial charge in [-0.15, -0.1) is 16.4 Å². The van der Waals surface area contributed by atoms with E-state index < -0.39 is 6.04 Å². The van der Waals surface area contributed by atoms with E-state index in [-0.39, 0.29) is 17.7 Å². The Morgan fingerprint density at radius 3 is 2.86 bits per heavy atom. The minimum atomic E-state index is -0.429. The Balaban J connectivity index is 1.50. The molecular formula is C27H32N6O3S. The highest BCUT2D eigenvalue weighted by atomic mass is 32.1. The van der Waals surface area contributed by atoms with Gasteiger partial charge in [0.2, 0.25) is 0 Å². The van der Waals surface area contributed by atoms with Crippen LogP contribution in [0.25, 0.3) is 10.9 Å². The lowest BCUT2D eigenvalue weighted by Crippen LogP contribution is -2.39. The summed E-state index contributed by atoms with van der Waals surface area (Å²) in [4.78, 5) is 20.3. The van der Waals surface area contributed by atoms with E-state index in [1.165, 1.54) is 17.7 Å². The number of H-pyrrole nitrogens is 1. The van der Waals surface area contributed by atoms with Crippen LogP contribution in [0.2, 0.25) is 0 Å². The summed E-state index contributed by atoms with van der Waals surface area (Å²) in [7, 11) is 1.65. The smallest absolute Gasteiger partial charge is 0.253 e. The first-order chi connectivity index (χ1) is 18.2. The van der Waals surface area contributed by atoms with Crippen LogP contribution in [0.15, 0.2) is 46.6 Å². The second-order valence-electron chi connectivity index (χ2n) is 9.97. The van der Waals surface area contributed by atoms with Crippen LogP contribution in [-0.4, -0.2) is 56.5 Å². The highest BCUT2D eigenvalue weighted by Gasteiger charge is 2.35. The lowest BCUT2D eigenvalue weighted by Gasteiger charge is -2.33. The zero-order valence-electron chi connectivity index (χ0n) is 21.0. The largest absolute Gasteiger partial charge is 0.497 e. The molecule has 37 heavy (non-hydrogen) atoms. The van der Waals surface area contributed by atoms with E-state index in [1.54, 1.807) is 18.4 Å². The quantitative estimate of drug-likeness (QED) is 0.348. The standard InChI is InChI=1S/C27H32N6O3S/c1-35-20-10-11-24-18(14-20)15-23(27(34)28-24)25(26-29-30-31-33(26)19-6-2-3-7-19)32(16-21-8-4-12-36-21)17-22-9-5-13-37-22/h5,9-11,13-15,19,21,25H,2-4,6-8,12,16-17H2,1H3,(H,28,34)/t21-,25+/m1/s1. The van der Waals surface area contributed by atoms with Gasteiger partial charge in [-0.2, -0.15) is 0 Å². The summed E-state index contributed by atoms with van der Waals surface area (Å²) in [6.45, 7) is 2.14. The third kappa shape index (κ3) is 5.05. The van der Waals surface area contributed by atoms with Gasteiger partial charge >= 0.3 is 0 Å². The molecule has 0 spiro atoms. The number of methoxy groups -OCH3 is 1. The Morgan fingerprint density at radius 2 is 2.11 bits per heavy atom. The van der Waals surface area contributed by atoms with Crippen LogP contribution < -0.4 is 10.3 Å². The summed E-state index contributed by atoms with van der Waals surface area (Å²) >= 11 is 1.72. The first-order valence-electron chi connectivity index (χ1n) is 13.1. The predicted molar refractivity (Wildman–Crippen MR) is 142 cm³/mol. The molecule has 0 amide bonds. The third-order valence-corrected chi connectivity index (χ3v) is 8.44. The van der Waals surface area contributed by atoms with E-state index in [2.05, 4.69) is 42.9 Å². The average molecular weight is 521 g/mol. The summed E-state index contributed by atoms with van der Waals surface area (Å²) in [6.07, 6.45) is 6.60. The highest BCUT2D eigenvalue weighted by Crippen LogP contribution is 2.35. The molecular weight excluding hydrogens is 488 g/mol. The fourth-order valence-electron chi connectivity index (χ4n) is 5.73. The number of tetrazole rings is 1. The number of nitrogens with one attached hydrogen (secondary N) is 1. The molecule has 0 radical (unpaired) electrons. The van der Waals surface area contributed by atoms with Gasteiger partial charge in [0.15, 0.2) is 5.82 Å². The summed E-state index contributed by atoms with van der Waals surface area (Å²) in [5, 5.41) is 16.1. The summed E-state index contributed by atoms with van der Waals surface area (Å²) in [5.41, 5.74) is 1.27. The van der Waals surface area contributed by atoms with E-state index in [1.807, 2.05) is 28.9 Å². The number of nitrogens with zero attached hydrogens (tertiary/aromatic N) is 5. The van der Waals surface area contributed by atoms with Crippen LogP contribution in [0.1, 0.15) is 66.9 Å². The minimum absolute atomic E-state index is 0.109. The number of rotatable bonds is 9. The van der Waals surface area contributed by atoms with E-state index in [4.69, 9.17) is 9.47 Å². The van der Waals surface area contributed by atoms with Gasteiger partial charge in [-0.05, 0) is 71.8 Å². The topological polar surface area (TPSA) is 98.2 Å². The number of ether oxygens (including phenoxy) is 2. The number of fused-ring (bicyclic) bond motifs is 1. The number of thiophene rings is 1. The number of aromatic nitrogens is 5. The normalized spacial score (nSPS) is 19.2. The van der Waals surface area contributed by atoms with E-state index in [0.29, 0.717) is 24.5 Å². The lowest BCUT2D eigenvalue weighted by atomic mass is 10.0. The van der Waals surface area contributed by atoms with Gasteiger partial charge in [0.1, 0.15) is 11.8 Å². The Bertz CT molecular complexity index is 1390. The number of pyridine rings is 1. The molecule has 1 N–H and O–H groups in total. The second-order valence-corrected chi connectivity index (χ2v) is 11.0. The maximum absolute atomic E-state index is 13.7. The van der Waals surface area contributed by atoms with Gasteiger partial charge in [-0.25, -0.2) is 4.68 Å². The Kier molecular flexibility index (Phi) is 7.04. The fraction of sp³-hybridized carbons (Fsp3) is 0.481. The van der Waals surface area contributed by atoms with Crippen molar-refractivity contribution >= 4 is 22.2 Å². The van der Waals surface area contributed by atoms with Crippen molar-refractivity contribution in [3.8, 4) is 5.75 Å². The van der Waals surface area contributed by atoms with Crippen molar-refractivity contribution in [3.63, 3.8) is 0 Å². The second kappa shape index (κ2) is 10.7. The van der Waals surface area contributed by atoms with Crippen molar-refractivity contribution in [2.75, 3.05) is 20.3 Å². The molecule has 2 fully saturated rings. The molecule has 0 unspecified atom stereocenters. The predicted octanol–water partition coefficient (Wildman–Crippen LogP) is 4.47. The summed E-state index contributed by atoms with van der Waals surface area (Å²) in [5.74, 6) is 1.46. The van der Waals surface area contributed by atoms with Gasteiger partial charge in [0, 0.05) is 41.0 Å². The number of aromatic amines is 1. The van der Waals surface area contributed by atoms with Crippen molar-refractivity contribution in [2.45, 2.75) is 63.3 Å². The lowest BCUT2D eigenvalue weighted by molar-refractivity contribution is 0.0574. The van der Waals surface area contributed by atoms with Crippen LogP contribution in [-0.2, 0) is 11.3 Å². The van der Waals surface area contributed by atoms with Gasteiger partial charge < -0.3 is 14.5 Å². The van der Waals surface area contributed by atoms with Crippen molar-refractivity contribution < 1.29 is 9.47 Å². The molecule has 9 nitrogen and oxygen atoms in total. The summed E-state index contributed by atoms with van der Waals surface area (Å²) in [6, 6.07) is 11.7. The number of benzene rings is 1. The van der Waals surface area contributed by atoms with Crippen molar-refractivity contribution in [1.29, 1.82) is 0 Å². The monoisotopic (exact) mass is 520 g/mol. The van der Waals surface area contributed by atoms with Crippen LogP contribution in [0, 0.1) is 0 Å². The van der Waals surface area contributed by atoms with Crippen LogP contribution >= 0.6 is 11.3 Å². The zero-order valence-corrected chi connectivity index (χ0v) is 21.8. The molecule has 0 bridgehead atoms. The van der Waals surface area contributed by atoms with E-state index in [0.717, 1.165) is 48.9 Å². The van der Waals surface area contributed by atoms with Gasteiger partial charge in [0.05, 0.1) is 19.3 Å². The molecule has 1 saturated heterocycles. The van der Waals surface area contributed by atoms with Crippen LogP contribution in [0.5, 0.6) is 5.75 Å². The molecule has 4 heterocycles. The van der Waals surface area contributed by atoms with Crippen molar-refractivity contribution in [2.24, 2.45) is 0 Å². The molecule has 6 rings (SSSR count). The Hall–Kier alpha value is -3.08. The molecule has 1 aromatic carbocycles. The maximum Gasteiger partial charge on any atom is 0.253 e. The molecule has 2 aliphatic rings. The van der Waals surface area contributed by atoms with Gasteiger partial charge in [-0.3, -0.25) is 9.69 Å². The number of hydrogen-bond donors (Lipinski definition) is 1. The van der Waals surface area contributed by atoms with Crippen molar-refractivity contribution in [1.82, 2.24) is 30.1 Å². The van der Waals surface area contributed by atoms with Gasteiger partial charge in [0.25, 0.3) is 5.56 Å². The zero-order chi connectivity index (χ0) is 25.2. The van der Waals surface area contributed by atoms with Crippen LogP contribution in [0.4, 0.5) is 0 Å². The van der Waals surface area contributed by atoms with Crippen molar-refractivity contribution in [3.05, 3.63) is 68.4 Å². The highest BCUT2D eigenvalue weighted by molar-refractivity contribution is 7.09. The minimum Gasteiger partial charge on any atom is -0.497 e. The molecule has 3 aromatic heterocycles. The first-order valence-corrected chi connectivity index (χ1v) is 13.9. The number of hydrogen-bond acceptors (Lipinski definition) is 8. The third-order valence-electron chi connectivity index (χ3n) is 7.57. The molecule has 1 aliphatic carbocycles. The van der Waals surface area contributed by atoms with Gasteiger partial charge in [-0.1, -0.05) is 18.9 Å². The SMILES string of the molecule is COc1ccc2[nH]c(=O)c([C@@H](c3nnnn3C3CCCC3)N(Cc3cccs3)C[C@H]3CCCO3)cc2c1. The summed E-state index contributed by atoms with van der Waals surface area (Å²) < 4.78 is 13.5. The molecule has 10 heteroatoms. The van der Waals surface area contributed by atoms with E-state index >= 15 is 0 Å². The fourth-order valence-corrected chi connectivity index (χ4v) is 6.46. The molecule has 1 saturated carbocycles. The average Bonchev–Trinajstić information content (AvgIpc) is 3.73. The van der Waals surface area contributed by atoms with E-state index in [9.17, 15) is 4.79 Å². The Labute approximate surface area is 219 Å². The maximum atomic E-state index is 13.7. The molecule has 2 atom stereocenters. The Morgan fingerprint density at radius 1 is 1.22 bits per heavy atom. The molecule has 194 valence electrons. The first kappa shape index (κ1) is 24.3. The molecule has 4 aromatic rings. The molecule has 1 aliphatic heterocycles. The van der Waals surface area contributed by atoms with Crippen LogP contribution in [0.3, 0.4) is 0 Å².